The summed E-state index contributed by atoms with van der Waals surface area (Å²) in [6, 6.07) is 1.05. The van der Waals surface area contributed by atoms with Gasteiger partial charge in [-0.15, -0.1) is 0 Å². The molecular weight excluding hydrogens is 847 g/mol. The van der Waals surface area contributed by atoms with Crippen molar-refractivity contribution >= 4 is 59.1 Å². The van der Waals surface area contributed by atoms with Gasteiger partial charge in [-0.3, -0.25) is 48.1 Å². The highest BCUT2D eigenvalue weighted by Crippen LogP contribution is 2.10. The third-order valence-corrected chi connectivity index (χ3v) is 10.1. The van der Waals surface area contributed by atoms with Gasteiger partial charge in [-0.25, -0.2) is 4.98 Å². The molecule has 65 heavy (non-hydrogen) atoms. The number of guanidine groups is 1. The Morgan fingerprint density at radius 3 is 2.15 bits per heavy atom. The molecule has 1 aliphatic rings. The van der Waals surface area contributed by atoms with Gasteiger partial charge in [0.1, 0.15) is 36.3 Å². The fraction of sp³-hybridized carbons (Fsp3) is 0.537. The van der Waals surface area contributed by atoms with E-state index in [0.717, 1.165) is 0 Å². The third-order valence-electron chi connectivity index (χ3n) is 10.1. The van der Waals surface area contributed by atoms with E-state index in [4.69, 9.17) is 22.9 Å². The lowest BCUT2D eigenvalue weighted by atomic mass is 10.0. The maximum Gasteiger partial charge on any atom is 0.243 e. The number of imidazole rings is 1. The average molecular weight is 910 g/mol. The Morgan fingerprint density at radius 1 is 0.815 bits per heavy atom. The van der Waals surface area contributed by atoms with Crippen molar-refractivity contribution in [2.24, 2.45) is 27.9 Å². The number of amides is 9. The van der Waals surface area contributed by atoms with E-state index >= 15 is 0 Å². The Kier molecular flexibility index (Phi) is 22.4. The molecule has 0 saturated carbocycles. The Labute approximate surface area is 376 Å². The van der Waals surface area contributed by atoms with Crippen molar-refractivity contribution in [3.8, 4) is 0 Å². The van der Waals surface area contributed by atoms with E-state index in [1.807, 2.05) is 0 Å². The molecule has 17 N–H and O–H groups in total. The van der Waals surface area contributed by atoms with Crippen molar-refractivity contribution in [1.82, 2.24) is 52.5 Å². The molecule has 24 heteroatoms. The van der Waals surface area contributed by atoms with Crippen molar-refractivity contribution in [1.29, 1.82) is 0 Å². The summed E-state index contributed by atoms with van der Waals surface area (Å²) in [7, 11) is 0. The number of aromatic amines is 1. The molecule has 1 aliphatic heterocycles. The van der Waals surface area contributed by atoms with E-state index in [0.29, 0.717) is 30.6 Å². The summed E-state index contributed by atoms with van der Waals surface area (Å²) >= 11 is 0. The van der Waals surface area contributed by atoms with Gasteiger partial charge in [-0.2, -0.15) is 0 Å². The van der Waals surface area contributed by atoms with Gasteiger partial charge in [0.05, 0.1) is 12.9 Å². The number of carbonyl (C=O) groups is 9. The summed E-state index contributed by atoms with van der Waals surface area (Å²) in [4.78, 5) is 131. The van der Waals surface area contributed by atoms with Crippen LogP contribution in [-0.2, 0) is 56.0 Å². The van der Waals surface area contributed by atoms with Crippen LogP contribution in [0, 0.1) is 0 Å². The molecule has 6 atom stereocenters. The molecular formula is C41H63N15O9. The minimum atomic E-state index is -1.37. The molecule has 356 valence electrons. The van der Waals surface area contributed by atoms with Crippen molar-refractivity contribution in [3.63, 3.8) is 0 Å². The smallest absolute Gasteiger partial charge is 0.243 e. The highest BCUT2D eigenvalue weighted by Gasteiger charge is 2.33. The first-order chi connectivity index (χ1) is 31.1. The van der Waals surface area contributed by atoms with Crippen LogP contribution in [0.15, 0.2) is 47.8 Å². The molecule has 0 aliphatic carbocycles. The van der Waals surface area contributed by atoms with Crippen LogP contribution >= 0.6 is 0 Å². The maximum atomic E-state index is 14.4. The number of benzene rings is 1. The number of hydrogen-bond donors (Lipinski definition) is 13. The average Bonchev–Trinajstić information content (AvgIpc) is 3.78. The molecule has 3 rings (SSSR count). The van der Waals surface area contributed by atoms with Gasteiger partial charge in [0, 0.05) is 51.2 Å². The fourth-order valence-electron chi connectivity index (χ4n) is 6.74. The van der Waals surface area contributed by atoms with Crippen LogP contribution in [0.25, 0.3) is 0 Å². The number of aromatic nitrogens is 2. The summed E-state index contributed by atoms with van der Waals surface area (Å²) in [6.07, 6.45) is 3.67. The number of nitrogens with two attached hydrogens (primary N) is 4. The van der Waals surface area contributed by atoms with Crippen LogP contribution in [0.3, 0.4) is 0 Å². The minimum absolute atomic E-state index is 0.00516. The van der Waals surface area contributed by atoms with Gasteiger partial charge in [0.2, 0.25) is 53.2 Å². The van der Waals surface area contributed by atoms with Gasteiger partial charge in [0.25, 0.3) is 0 Å². The number of aliphatic imine (C=N–C) groups is 1. The van der Waals surface area contributed by atoms with Gasteiger partial charge in [-0.1, -0.05) is 30.3 Å². The monoisotopic (exact) mass is 909 g/mol. The second-order valence-corrected chi connectivity index (χ2v) is 15.5. The zero-order valence-corrected chi connectivity index (χ0v) is 36.5. The number of carbonyl (C=O) groups excluding carboxylic acids is 9. The Morgan fingerprint density at radius 2 is 1.51 bits per heavy atom. The van der Waals surface area contributed by atoms with Crippen LogP contribution in [0.4, 0.5) is 0 Å². The Bertz CT molecular complexity index is 1940. The van der Waals surface area contributed by atoms with E-state index in [-0.39, 0.29) is 76.8 Å². The first kappa shape index (κ1) is 52.2. The van der Waals surface area contributed by atoms with Gasteiger partial charge in [0.15, 0.2) is 5.96 Å². The first-order valence-corrected chi connectivity index (χ1v) is 21.4. The molecule has 0 unspecified atom stereocenters. The van der Waals surface area contributed by atoms with Crippen LogP contribution in [-0.4, -0.2) is 132 Å². The molecule has 1 aromatic carbocycles. The molecule has 0 spiro atoms. The van der Waals surface area contributed by atoms with Crippen LogP contribution in [0.2, 0.25) is 0 Å². The maximum absolute atomic E-state index is 14.4. The fourth-order valence-corrected chi connectivity index (χ4v) is 6.74. The van der Waals surface area contributed by atoms with Crippen LogP contribution in [0.5, 0.6) is 0 Å². The highest BCUT2D eigenvalue weighted by molar-refractivity contribution is 5.97. The van der Waals surface area contributed by atoms with E-state index < -0.39 is 96.0 Å². The standard InChI is InChI=1S/C41H63N15O9/c1-24(57)51-29(11-5-6-16-42)37(62)54-30-13-7-17-47-33(58)15-14-27(35(43)60)52-34(59)22-49-36(61)28(12-8-18-48-41(44)45)53-39(64)31(19-25-9-3-2-4-10-25)55-40(65)32(56-38(30)63)20-26-21-46-23-50-26/h2-4,9-10,21,23,27-32H,5-8,11-20,22,42H2,1H3,(H2,43,60)(H,46,50)(H,47,58)(H,49,61)(H,51,57)(H,52,59)(H,53,64)(H,54,62)(H,55,65)(H,56,63)(H4,44,45,48)/t27-,28-,29+,30-,31+,32-/m0/s1. The quantitative estimate of drug-likeness (QED) is 0.0431. The van der Waals surface area contributed by atoms with Crippen molar-refractivity contribution in [3.05, 3.63) is 54.1 Å². The van der Waals surface area contributed by atoms with Crippen LogP contribution < -0.4 is 65.5 Å². The molecule has 1 saturated heterocycles. The molecule has 1 aromatic heterocycles. The third kappa shape index (κ3) is 19.9. The molecule has 0 radical (unpaired) electrons. The number of rotatable bonds is 16. The zero-order chi connectivity index (χ0) is 47.7. The topological polar surface area (TPSA) is 395 Å². The molecule has 9 amide bonds. The van der Waals surface area contributed by atoms with E-state index in [2.05, 4.69) is 57.5 Å². The number of nitrogens with one attached hydrogen (secondary N) is 9. The van der Waals surface area contributed by atoms with Crippen molar-refractivity contribution in [2.45, 2.75) is 114 Å². The van der Waals surface area contributed by atoms with Crippen LogP contribution in [0.1, 0.15) is 76.0 Å². The summed E-state index contributed by atoms with van der Waals surface area (Å²) in [5, 5.41) is 20.9. The number of H-pyrrole nitrogens is 1. The second-order valence-electron chi connectivity index (χ2n) is 15.5. The van der Waals surface area contributed by atoms with Gasteiger partial charge in [-0.05, 0) is 63.5 Å². The van der Waals surface area contributed by atoms with E-state index in [1.54, 1.807) is 30.3 Å². The number of hydrogen-bond acceptors (Lipinski definition) is 12. The largest absolute Gasteiger partial charge is 0.370 e. The van der Waals surface area contributed by atoms with Crippen molar-refractivity contribution in [2.75, 3.05) is 26.2 Å². The number of unbranched alkanes of at least 4 members (excludes halogenated alkanes) is 1. The summed E-state index contributed by atoms with van der Waals surface area (Å²) in [6.45, 7) is 1.06. The molecule has 2 aromatic rings. The van der Waals surface area contributed by atoms with Gasteiger partial charge < -0.3 is 70.5 Å². The van der Waals surface area contributed by atoms with E-state index in [9.17, 15) is 43.2 Å². The molecule has 24 nitrogen and oxygen atoms in total. The lowest BCUT2D eigenvalue weighted by Gasteiger charge is -2.27. The summed E-state index contributed by atoms with van der Waals surface area (Å²) < 4.78 is 0. The van der Waals surface area contributed by atoms with Crippen molar-refractivity contribution < 1.29 is 43.2 Å². The first-order valence-electron chi connectivity index (χ1n) is 21.4. The zero-order valence-electron chi connectivity index (χ0n) is 36.5. The normalized spacial score (nSPS) is 21.4. The predicted molar refractivity (Wildman–Crippen MR) is 236 cm³/mol. The Hall–Kier alpha value is -7.11. The highest BCUT2D eigenvalue weighted by atomic mass is 16.2. The molecule has 1 fully saturated rings. The van der Waals surface area contributed by atoms with Gasteiger partial charge >= 0.3 is 0 Å². The summed E-state index contributed by atoms with van der Waals surface area (Å²) in [5.74, 6) is -6.83. The SMILES string of the molecule is CC(=O)N[C@H](CCCCN)C(=O)N[C@H]1CCCNC(=O)CC[C@@H](C(N)=O)NC(=O)CNC(=O)[C@H](CCCN=C(N)N)NC(=O)[C@@H](Cc2ccccc2)NC(=O)[C@H](Cc2cnc[nH]2)NC1=O. The molecule has 2 heterocycles. The lowest BCUT2D eigenvalue weighted by Crippen LogP contribution is -2.60. The number of nitrogens with zero attached hydrogens (tertiary/aromatic N) is 2. The van der Waals surface area contributed by atoms with E-state index in [1.165, 1.54) is 19.4 Å². The minimum Gasteiger partial charge on any atom is -0.370 e. The second kappa shape index (κ2) is 27.8. The Balaban J connectivity index is 2.05. The predicted octanol–water partition coefficient (Wildman–Crippen LogP) is -4.40. The molecule has 0 bridgehead atoms. The lowest BCUT2D eigenvalue weighted by molar-refractivity contribution is -0.135. The number of primary amides is 1. The summed E-state index contributed by atoms with van der Waals surface area (Å²) in [5.41, 5.74) is 23.1.